The normalized spacial score (nSPS) is 13.2. The first-order chi connectivity index (χ1) is 15.6. The summed E-state index contributed by atoms with van der Waals surface area (Å²) in [5, 5.41) is 11.7. The molecular formula is C22H20BN8O+. The number of rotatable bonds is 6. The van der Waals surface area contributed by atoms with E-state index in [1.807, 2.05) is 61.4 Å². The summed E-state index contributed by atoms with van der Waals surface area (Å²) in [6.45, 7) is 3.64. The molecular weight excluding hydrogens is 403 g/mol. The molecule has 5 rings (SSSR count). The SMILES string of the molecule is [B]c1cc(-c2cccc(-c3cc(C4=CC[N+](C)=C4)on3)n2)nc(Nc2ccn(CC)n2)n1. The third-order valence-electron chi connectivity index (χ3n) is 4.98. The lowest BCUT2D eigenvalue weighted by molar-refractivity contribution is -0.477. The van der Waals surface area contributed by atoms with E-state index in [4.69, 9.17) is 17.4 Å². The van der Waals surface area contributed by atoms with Crippen LogP contribution in [0.1, 0.15) is 12.7 Å². The van der Waals surface area contributed by atoms with Gasteiger partial charge in [0.05, 0.1) is 22.7 Å². The maximum Gasteiger partial charge on any atom is 0.228 e. The van der Waals surface area contributed by atoms with Crippen molar-refractivity contribution in [1.29, 1.82) is 0 Å². The van der Waals surface area contributed by atoms with Gasteiger partial charge >= 0.3 is 0 Å². The van der Waals surface area contributed by atoms with Crippen molar-refractivity contribution >= 4 is 37.0 Å². The number of aryl methyl sites for hydroxylation is 1. The zero-order chi connectivity index (χ0) is 22.1. The van der Waals surface area contributed by atoms with Crippen LogP contribution in [-0.2, 0) is 6.54 Å². The van der Waals surface area contributed by atoms with Crippen LogP contribution in [0.25, 0.3) is 28.3 Å². The largest absolute Gasteiger partial charge is 0.355 e. The molecule has 4 aromatic heterocycles. The lowest BCUT2D eigenvalue weighted by atomic mass is 10.0. The molecule has 1 aliphatic heterocycles. The smallest absolute Gasteiger partial charge is 0.228 e. The third-order valence-corrected chi connectivity index (χ3v) is 4.98. The van der Waals surface area contributed by atoms with Crippen molar-refractivity contribution in [3.8, 4) is 22.8 Å². The standard InChI is InChI=1S/C22H20BN8O/c1-3-31-10-8-21(28-31)27-22-25-17(12-20(23)26-22)15-5-4-6-16(24-15)18-11-19(32-29-18)14-7-9-30(2)13-14/h4-8,10-13H,3,9H2,1-2H3,(H,25,26,27,28)/q+1. The van der Waals surface area contributed by atoms with Gasteiger partial charge in [-0.05, 0) is 36.8 Å². The fraction of sp³-hybridized carbons (Fsp3) is 0.182. The zero-order valence-electron chi connectivity index (χ0n) is 17.7. The van der Waals surface area contributed by atoms with Crippen molar-refractivity contribution in [3.05, 3.63) is 54.4 Å². The molecule has 5 heterocycles. The lowest BCUT2D eigenvalue weighted by Gasteiger charge is -2.07. The first kappa shape index (κ1) is 19.9. The molecule has 0 bridgehead atoms. The summed E-state index contributed by atoms with van der Waals surface area (Å²) >= 11 is 0. The second-order valence-corrected chi connectivity index (χ2v) is 7.40. The molecule has 1 N–H and O–H groups in total. The van der Waals surface area contributed by atoms with Gasteiger partial charge in [0.2, 0.25) is 5.95 Å². The van der Waals surface area contributed by atoms with E-state index >= 15 is 0 Å². The summed E-state index contributed by atoms with van der Waals surface area (Å²) in [5.41, 5.74) is 3.90. The van der Waals surface area contributed by atoms with Crippen molar-refractivity contribution in [2.75, 3.05) is 18.9 Å². The van der Waals surface area contributed by atoms with Gasteiger partial charge in [-0.15, -0.1) is 0 Å². The molecule has 0 saturated carbocycles. The molecule has 1 aliphatic rings. The third kappa shape index (κ3) is 4.07. The molecule has 32 heavy (non-hydrogen) atoms. The summed E-state index contributed by atoms with van der Waals surface area (Å²) in [5.74, 6) is 1.70. The number of hydrogen-bond acceptors (Lipinski definition) is 7. The Balaban J connectivity index is 1.43. The molecule has 0 aromatic carbocycles. The Kier molecular flexibility index (Phi) is 5.10. The fourth-order valence-electron chi connectivity index (χ4n) is 3.37. The Morgan fingerprint density at radius 3 is 2.69 bits per heavy atom. The highest BCUT2D eigenvalue weighted by atomic mass is 16.5. The maximum atomic E-state index is 6.03. The number of allylic oxidation sites excluding steroid dienone is 1. The Morgan fingerprint density at radius 1 is 1.09 bits per heavy atom. The van der Waals surface area contributed by atoms with Crippen LogP contribution in [0.3, 0.4) is 0 Å². The van der Waals surface area contributed by atoms with E-state index < -0.39 is 0 Å². The zero-order valence-corrected chi connectivity index (χ0v) is 17.7. The highest BCUT2D eigenvalue weighted by Gasteiger charge is 2.17. The van der Waals surface area contributed by atoms with E-state index in [1.165, 1.54) is 0 Å². The molecule has 0 unspecified atom stereocenters. The predicted octanol–water partition coefficient (Wildman–Crippen LogP) is 2.06. The average molecular weight is 423 g/mol. The molecule has 0 saturated heterocycles. The van der Waals surface area contributed by atoms with Gasteiger partial charge in [-0.3, -0.25) is 4.68 Å². The first-order valence-corrected chi connectivity index (χ1v) is 10.2. The van der Waals surface area contributed by atoms with Gasteiger partial charge < -0.3 is 9.84 Å². The highest BCUT2D eigenvalue weighted by Crippen LogP contribution is 2.25. The van der Waals surface area contributed by atoms with Crippen LogP contribution in [0.5, 0.6) is 0 Å². The second kappa shape index (κ2) is 8.22. The summed E-state index contributed by atoms with van der Waals surface area (Å²) < 4.78 is 9.42. The fourth-order valence-corrected chi connectivity index (χ4v) is 3.37. The van der Waals surface area contributed by atoms with Crippen molar-refractivity contribution in [1.82, 2.24) is 29.9 Å². The number of pyridine rings is 1. The molecule has 10 heteroatoms. The van der Waals surface area contributed by atoms with Crippen molar-refractivity contribution in [2.24, 2.45) is 0 Å². The van der Waals surface area contributed by atoms with E-state index in [-0.39, 0.29) is 0 Å². The number of nitrogens with one attached hydrogen (secondary N) is 1. The van der Waals surface area contributed by atoms with Gasteiger partial charge in [-0.1, -0.05) is 11.2 Å². The average Bonchev–Trinajstić information content (AvgIpc) is 3.54. The van der Waals surface area contributed by atoms with E-state index in [2.05, 4.69) is 36.2 Å². The number of hydrogen-bond donors (Lipinski definition) is 1. The summed E-state index contributed by atoms with van der Waals surface area (Å²) in [7, 11) is 8.04. The van der Waals surface area contributed by atoms with E-state index in [0.717, 1.165) is 18.7 Å². The van der Waals surface area contributed by atoms with Crippen LogP contribution in [0.4, 0.5) is 11.8 Å². The van der Waals surface area contributed by atoms with Crippen LogP contribution >= 0.6 is 0 Å². The maximum absolute atomic E-state index is 6.03. The molecule has 156 valence electrons. The minimum absolute atomic E-state index is 0.330. The van der Waals surface area contributed by atoms with E-state index in [1.54, 1.807) is 6.07 Å². The number of likely N-dealkylation sites (N-methyl/N-ethyl adjacent to an activating group) is 1. The van der Waals surface area contributed by atoms with Crippen molar-refractivity contribution in [3.63, 3.8) is 0 Å². The summed E-state index contributed by atoms with van der Waals surface area (Å²) in [6.07, 6.45) is 6.00. The van der Waals surface area contributed by atoms with Crippen molar-refractivity contribution < 1.29 is 9.10 Å². The van der Waals surface area contributed by atoms with Crippen LogP contribution in [0.2, 0.25) is 0 Å². The highest BCUT2D eigenvalue weighted by molar-refractivity contribution is 6.31. The Labute approximate surface area is 186 Å². The number of nitrogens with zero attached hydrogens (tertiary/aromatic N) is 7. The summed E-state index contributed by atoms with van der Waals surface area (Å²) in [4.78, 5) is 13.5. The monoisotopic (exact) mass is 423 g/mol. The van der Waals surface area contributed by atoms with E-state index in [0.29, 0.717) is 45.9 Å². The first-order valence-electron chi connectivity index (χ1n) is 10.2. The second-order valence-electron chi connectivity index (χ2n) is 7.40. The Morgan fingerprint density at radius 2 is 1.94 bits per heavy atom. The molecule has 0 fully saturated rings. The van der Waals surface area contributed by atoms with Gasteiger partial charge in [0.1, 0.15) is 20.6 Å². The van der Waals surface area contributed by atoms with Crippen LogP contribution in [0, 0.1) is 0 Å². The van der Waals surface area contributed by atoms with Crippen LogP contribution < -0.4 is 10.9 Å². The van der Waals surface area contributed by atoms with Gasteiger partial charge in [0, 0.05) is 24.9 Å². The van der Waals surface area contributed by atoms with Gasteiger partial charge in [-0.2, -0.15) is 5.10 Å². The van der Waals surface area contributed by atoms with E-state index in [9.17, 15) is 0 Å². The molecule has 0 amide bonds. The molecule has 0 atom stereocenters. The quantitative estimate of drug-likeness (QED) is 0.375. The summed E-state index contributed by atoms with van der Waals surface area (Å²) in [6, 6.07) is 11.1. The van der Waals surface area contributed by atoms with Crippen LogP contribution in [0.15, 0.2) is 53.2 Å². The van der Waals surface area contributed by atoms with Gasteiger partial charge in [0.25, 0.3) is 0 Å². The van der Waals surface area contributed by atoms with Gasteiger partial charge in [0.15, 0.2) is 24.3 Å². The number of anilines is 2. The van der Waals surface area contributed by atoms with Gasteiger partial charge in [-0.25, -0.2) is 19.5 Å². The molecule has 2 radical (unpaired) electrons. The predicted molar refractivity (Wildman–Crippen MR) is 122 cm³/mol. The van der Waals surface area contributed by atoms with Crippen LogP contribution in [-0.4, -0.2) is 62.1 Å². The minimum atomic E-state index is 0.330. The molecule has 0 spiro atoms. The Bertz CT molecular complexity index is 1350. The Hall–Kier alpha value is -4.08. The molecule has 0 aliphatic carbocycles. The molecule has 9 nitrogen and oxygen atoms in total. The van der Waals surface area contributed by atoms with Crippen molar-refractivity contribution in [2.45, 2.75) is 13.5 Å². The topological polar surface area (TPSA) is 97.6 Å². The molecule has 4 aromatic rings. The minimum Gasteiger partial charge on any atom is -0.355 e. The number of aromatic nitrogens is 6. The lowest BCUT2D eigenvalue weighted by Crippen LogP contribution is -2.13.